The van der Waals surface area contributed by atoms with Crippen molar-refractivity contribution in [3.05, 3.63) is 24.3 Å². The fourth-order valence-electron chi connectivity index (χ4n) is 5.43. The van der Waals surface area contributed by atoms with E-state index in [2.05, 4.69) is 28.4 Å². The zero-order valence-corrected chi connectivity index (χ0v) is 17.3. The smallest absolute Gasteiger partial charge is 0.279 e. The summed E-state index contributed by atoms with van der Waals surface area (Å²) < 4.78 is 0. The average molecular weight is 387 g/mol. The number of carbonyl (C=O) groups is 1. The van der Waals surface area contributed by atoms with E-state index in [0.29, 0.717) is 6.54 Å². The fourth-order valence-corrected chi connectivity index (χ4v) is 5.43. The van der Waals surface area contributed by atoms with Gasteiger partial charge in [0.1, 0.15) is 26.2 Å². The van der Waals surface area contributed by atoms with E-state index < -0.39 is 0 Å². The summed E-state index contributed by atoms with van der Waals surface area (Å²) in [7, 11) is 0. The number of benzene rings is 1. The van der Waals surface area contributed by atoms with Gasteiger partial charge < -0.3 is 20.0 Å². The Hall–Kier alpha value is -1.59. The van der Waals surface area contributed by atoms with Crippen molar-refractivity contribution in [1.29, 1.82) is 0 Å². The minimum Gasteiger partial charge on any atom is -0.370 e. The van der Waals surface area contributed by atoms with E-state index in [4.69, 9.17) is 0 Å². The first-order chi connectivity index (χ1) is 13.8. The molecule has 2 aliphatic heterocycles. The van der Waals surface area contributed by atoms with Crippen molar-refractivity contribution in [2.75, 3.05) is 56.0 Å². The predicted octanol–water partition coefficient (Wildman–Crippen LogP) is 0.732. The number of carbonyl (C=O) groups excluding carboxylic acids is 1. The minimum absolute atomic E-state index is 0.167. The van der Waals surface area contributed by atoms with Gasteiger partial charge in [0.15, 0.2) is 6.54 Å². The standard InChI is InChI=1S/C23H36N4O/c28-23(19-25-15-17-26(18-16-25)20-9-3-1-4-10-20)24-21-11-5-6-12-22(21)27-13-7-2-8-14-27/h5-6,11-12,20H,1-4,7-10,13-19H2,(H,24,28)/p+2. The van der Waals surface area contributed by atoms with Gasteiger partial charge in [0.2, 0.25) is 0 Å². The molecule has 28 heavy (non-hydrogen) atoms. The van der Waals surface area contributed by atoms with Crippen molar-refractivity contribution in [2.45, 2.75) is 57.4 Å². The monoisotopic (exact) mass is 386 g/mol. The van der Waals surface area contributed by atoms with E-state index in [1.807, 2.05) is 6.07 Å². The molecule has 3 aliphatic rings. The first kappa shape index (κ1) is 19.7. The normalized spacial score (nSPS) is 26.8. The molecule has 3 N–H and O–H groups in total. The lowest BCUT2D eigenvalue weighted by molar-refractivity contribution is -1.02. The van der Waals surface area contributed by atoms with Crippen molar-refractivity contribution in [2.24, 2.45) is 0 Å². The molecule has 2 heterocycles. The van der Waals surface area contributed by atoms with Crippen LogP contribution in [-0.4, -0.2) is 57.8 Å². The van der Waals surface area contributed by atoms with Crippen LogP contribution in [0.3, 0.4) is 0 Å². The maximum atomic E-state index is 12.7. The number of hydrogen-bond donors (Lipinski definition) is 3. The molecule has 1 aliphatic carbocycles. The number of piperidine rings is 1. The summed E-state index contributed by atoms with van der Waals surface area (Å²) in [6, 6.07) is 9.21. The van der Waals surface area contributed by atoms with Crippen LogP contribution < -0.4 is 20.0 Å². The van der Waals surface area contributed by atoms with Crippen LogP contribution in [0.2, 0.25) is 0 Å². The number of nitrogens with zero attached hydrogens (tertiary/aromatic N) is 1. The first-order valence-electron chi connectivity index (χ1n) is 11.6. The topological polar surface area (TPSA) is 41.2 Å². The molecule has 1 saturated carbocycles. The third-order valence-electron chi connectivity index (χ3n) is 7.07. The minimum atomic E-state index is 0.167. The Morgan fingerprint density at radius 3 is 2.36 bits per heavy atom. The van der Waals surface area contributed by atoms with Crippen LogP contribution >= 0.6 is 0 Å². The van der Waals surface area contributed by atoms with E-state index in [-0.39, 0.29) is 5.91 Å². The van der Waals surface area contributed by atoms with E-state index in [9.17, 15) is 4.79 Å². The molecule has 3 fully saturated rings. The van der Waals surface area contributed by atoms with Gasteiger partial charge in [-0.15, -0.1) is 0 Å². The highest BCUT2D eigenvalue weighted by molar-refractivity contribution is 5.95. The maximum absolute atomic E-state index is 12.7. The maximum Gasteiger partial charge on any atom is 0.279 e. The van der Waals surface area contributed by atoms with Gasteiger partial charge in [-0.25, -0.2) is 0 Å². The van der Waals surface area contributed by atoms with Gasteiger partial charge in [-0.1, -0.05) is 18.6 Å². The van der Waals surface area contributed by atoms with E-state index in [0.717, 1.165) is 37.9 Å². The third kappa shape index (κ3) is 5.06. The van der Waals surface area contributed by atoms with Gasteiger partial charge in [0, 0.05) is 13.1 Å². The highest BCUT2D eigenvalue weighted by atomic mass is 16.2. The van der Waals surface area contributed by atoms with Crippen LogP contribution in [0.15, 0.2) is 24.3 Å². The summed E-state index contributed by atoms with van der Waals surface area (Å²) in [5.74, 6) is 0.167. The SMILES string of the molecule is O=C(C[NH+]1CC[NH+](C2CCCCC2)CC1)Nc1ccccc1N1CCCCC1. The number of amides is 1. The molecular formula is C23H38N4O+2. The average Bonchev–Trinajstić information content (AvgIpc) is 2.76. The molecule has 1 amide bonds. The Morgan fingerprint density at radius 1 is 0.929 bits per heavy atom. The summed E-state index contributed by atoms with van der Waals surface area (Å²) in [5, 5.41) is 3.22. The number of anilines is 2. The second-order valence-electron chi connectivity index (χ2n) is 9.03. The van der Waals surface area contributed by atoms with Crippen LogP contribution in [0.1, 0.15) is 51.4 Å². The van der Waals surface area contributed by atoms with Gasteiger partial charge in [-0.05, 0) is 57.1 Å². The van der Waals surface area contributed by atoms with Gasteiger partial charge in [0.05, 0.1) is 17.4 Å². The second-order valence-corrected chi connectivity index (χ2v) is 9.03. The molecule has 5 heteroatoms. The lowest BCUT2D eigenvalue weighted by atomic mass is 9.94. The number of quaternary nitrogens is 2. The van der Waals surface area contributed by atoms with Gasteiger partial charge in [-0.2, -0.15) is 0 Å². The Balaban J connectivity index is 1.27. The summed E-state index contributed by atoms with van der Waals surface area (Å²) in [6.07, 6.45) is 10.9. The molecule has 1 aromatic rings. The molecule has 2 saturated heterocycles. The van der Waals surface area contributed by atoms with E-state index in [1.165, 1.54) is 75.0 Å². The van der Waals surface area contributed by atoms with Gasteiger partial charge in [0.25, 0.3) is 5.91 Å². The number of piperazine rings is 1. The zero-order chi connectivity index (χ0) is 19.2. The van der Waals surface area contributed by atoms with E-state index in [1.54, 1.807) is 4.90 Å². The highest BCUT2D eigenvalue weighted by Gasteiger charge is 2.31. The van der Waals surface area contributed by atoms with Gasteiger partial charge in [-0.3, -0.25) is 4.79 Å². The molecule has 0 unspecified atom stereocenters. The zero-order valence-electron chi connectivity index (χ0n) is 17.3. The van der Waals surface area contributed by atoms with E-state index >= 15 is 0 Å². The number of hydrogen-bond acceptors (Lipinski definition) is 2. The summed E-state index contributed by atoms with van der Waals surface area (Å²) >= 11 is 0. The molecule has 0 bridgehead atoms. The molecule has 0 radical (unpaired) electrons. The van der Waals surface area contributed by atoms with Gasteiger partial charge >= 0.3 is 0 Å². The molecule has 5 nitrogen and oxygen atoms in total. The molecule has 154 valence electrons. The van der Waals surface area contributed by atoms with Crippen molar-refractivity contribution in [1.82, 2.24) is 0 Å². The van der Waals surface area contributed by atoms with Crippen molar-refractivity contribution < 1.29 is 14.6 Å². The van der Waals surface area contributed by atoms with Crippen LogP contribution in [0.5, 0.6) is 0 Å². The Kier molecular flexibility index (Phi) is 6.86. The number of nitrogens with one attached hydrogen (secondary N) is 3. The van der Waals surface area contributed by atoms with Crippen LogP contribution in [-0.2, 0) is 4.79 Å². The lowest BCUT2D eigenvalue weighted by Crippen LogP contribution is -3.30. The molecule has 1 aromatic carbocycles. The fraction of sp³-hybridized carbons (Fsp3) is 0.696. The number of rotatable bonds is 5. The molecule has 0 atom stereocenters. The Morgan fingerprint density at radius 2 is 1.61 bits per heavy atom. The highest BCUT2D eigenvalue weighted by Crippen LogP contribution is 2.28. The van der Waals surface area contributed by atoms with Crippen molar-refractivity contribution in [3.63, 3.8) is 0 Å². The Bertz CT molecular complexity index is 629. The summed E-state index contributed by atoms with van der Waals surface area (Å²) in [5.41, 5.74) is 2.18. The Labute approximate surface area is 170 Å². The first-order valence-corrected chi connectivity index (χ1v) is 11.6. The van der Waals surface area contributed by atoms with Crippen LogP contribution in [0.4, 0.5) is 11.4 Å². The summed E-state index contributed by atoms with van der Waals surface area (Å²) in [4.78, 5) is 18.4. The molecule has 4 rings (SSSR count). The quantitative estimate of drug-likeness (QED) is 0.698. The van der Waals surface area contributed by atoms with Crippen LogP contribution in [0.25, 0.3) is 0 Å². The predicted molar refractivity (Wildman–Crippen MR) is 114 cm³/mol. The molecule has 0 spiro atoms. The lowest BCUT2D eigenvalue weighted by Gasteiger charge is -2.36. The van der Waals surface area contributed by atoms with Crippen molar-refractivity contribution in [3.8, 4) is 0 Å². The molecular weight excluding hydrogens is 348 g/mol. The molecule has 0 aromatic heterocycles. The van der Waals surface area contributed by atoms with Crippen LogP contribution in [0, 0.1) is 0 Å². The largest absolute Gasteiger partial charge is 0.370 e. The second kappa shape index (κ2) is 9.75. The van der Waals surface area contributed by atoms with Crippen molar-refractivity contribution >= 4 is 17.3 Å². The number of para-hydroxylation sites is 2. The third-order valence-corrected chi connectivity index (χ3v) is 7.07. The summed E-state index contributed by atoms with van der Waals surface area (Å²) in [6.45, 7) is 7.54.